The van der Waals surface area contributed by atoms with E-state index in [9.17, 15) is 9.59 Å². The quantitative estimate of drug-likeness (QED) is 0.700. The number of carbonyl (C=O) groups is 2. The molecule has 138 valence electrons. The van der Waals surface area contributed by atoms with Gasteiger partial charge < -0.3 is 14.8 Å². The highest BCUT2D eigenvalue weighted by atomic mass is 16.5. The van der Waals surface area contributed by atoms with E-state index in [0.29, 0.717) is 13.2 Å². The fraction of sp³-hybridized carbons (Fsp3) is 0.333. The lowest BCUT2D eigenvalue weighted by Gasteiger charge is -2.19. The molecule has 0 heterocycles. The average molecular weight is 355 g/mol. The van der Waals surface area contributed by atoms with Crippen molar-refractivity contribution < 1.29 is 19.1 Å². The minimum Gasteiger partial charge on any atom is -0.494 e. The van der Waals surface area contributed by atoms with Crippen LogP contribution in [0.4, 0.5) is 0 Å². The van der Waals surface area contributed by atoms with Gasteiger partial charge in [0.1, 0.15) is 5.75 Å². The zero-order valence-corrected chi connectivity index (χ0v) is 15.2. The Hall–Kier alpha value is -2.82. The van der Waals surface area contributed by atoms with Crippen molar-refractivity contribution in [3.05, 3.63) is 65.7 Å². The van der Waals surface area contributed by atoms with E-state index in [1.54, 1.807) is 6.92 Å². The lowest BCUT2D eigenvalue weighted by atomic mass is 10.0. The molecule has 0 aliphatic rings. The number of hydrogen-bond acceptors (Lipinski definition) is 4. The van der Waals surface area contributed by atoms with E-state index in [2.05, 4.69) is 5.32 Å². The summed E-state index contributed by atoms with van der Waals surface area (Å²) in [5.41, 5.74) is 1.76. The molecule has 0 radical (unpaired) electrons. The second-order valence-electron chi connectivity index (χ2n) is 5.79. The molecule has 0 bridgehead atoms. The van der Waals surface area contributed by atoms with Crippen LogP contribution in [-0.4, -0.2) is 25.1 Å². The Bertz CT molecular complexity index is 698. The van der Waals surface area contributed by atoms with Crippen molar-refractivity contribution in [2.45, 2.75) is 32.7 Å². The van der Waals surface area contributed by atoms with E-state index in [4.69, 9.17) is 9.47 Å². The molecular formula is C21H25NO4. The third kappa shape index (κ3) is 6.24. The normalized spacial score (nSPS) is 11.5. The van der Waals surface area contributed by atoms with Crippen LogP contribution in [0.5, 0.6) is 5.75 Å². The summed E-state index contributed by atoms with van der Waals surface area (Å²) in [6.07, 6.45) is 0.347. The standard InChI is InChI=1S/C21H25NO4/c1-3-25-18-12-10-17(11-13-18)19(15-21(24)26-4-2)22-20(23)14-16-8-6-5-7-9-16/h5-13,19H,3-4,14-15H2,1-2H3,(H,22,23)/t19-/m1/s1. The van der Waals surface area contributed by atoms with Gasteiger partial charge in [-0.1, -0.05) is 42.5 Å². The van der Waals surface area contributed by atoms with E-state index in [-0.39, 0.29) is 24.7 Å². The molecule has 0 aliphatic carbocycles. The van der Waals surface area contributed by atoms with Gasteiger partial charge in [0.15, 0.2) is 0 Å². The molecule has 0 aliphatic heterocycles. The van der Waals surface area contributed by atoms with Gasteiger partial charge in [-0.2, -0.15) is 0 Å². The summed E-state index contributed by atoms with van der Waals surface area (Å²) in [6.45, 7) is 4.57. The van der Waals surface area contributed by atoms with Gasteiger partial charge in [0, 0.05) is 0 Å². The molecule has 0 saturated carbocycles. The van der Waals surface area contributed by atoms with Crippen molar-refractivity contribution in [1.82, 2.24) is 5.32 Å². The first-order valence-corrected chi connectivity index (χ1v) is 8.84. The second-order valence-corrected chi connectivity index (χ2v) is 5.79. The van der Waals surface area contributed by atoms with Crippen LogP contribution in [0.2, 0.25) is 0 Å². The summed E-state index contributed by atoms with van der Waals surface area (Å²) in [5.74, 6) is 0.271. The number of rotatable bonds is 9. The van der Waals surface area contributed by atoms with Crippen LogP contribution in [-0.2, 0) is 20.7 Å². The molecule has 0 unspecified atom stereocenters. The van der Waals surface area contributed by atoms with E-state index in [0.717, 1.165) is 16.9 Å². The van der Waals surface area contributed by atoms with Crippen LogP contribution in [0.3, 0.4) is 0 Å². The van der Waals surface area contributed by atoms with Gasteiger partial charge in [-0.25, -0.2) is 0 Å². The summed E-state index contributed by atoms with van der Waals surface area (Å²) in [7, 11) is 0. The smallest absolute Gasteiger partial charge is 0.308 e. The molecule has 0 fully saturated rings. The highest BCUT2D eigenvalue weighted by molar-refractivity contribution is 5.80. The van der Waals surface area contributed by atoms with Crippen LogP contribution in [0.1, 0.15) is 37.4 Å². The van der Waals surface area contributed by atoms with Gasteiger partial charge >= 0.3 is 5.97 Å². The molecule has 0 saturated heterocycles. The van der Waals surface area contributed by atoms with Crippen molar-refractivity contribution in [1.29, 1.82) is 0 Å². The zero-order valence-electron chi connectivity index (χ0n) is 15.2. The number of benzene rings is 2. The Morgan fingerprint density at radius 1 is 0.962 bits per heavy atom. The number of hydrogen-bond donors (Lipinski definition) is 1. The Balaban J connectivity index is 2.09. The van der Waals surface area contributed by atoms with Gasteiger partial charge in [-0.05, 0) is 37.1 Å². The Labute approximate surface area is 154 Å². The van der Waals surface area contributed by atoms with Crippen molar-refractivity contribution in [2.75, 3.05) is 13.2 Å². The summed E-state index contributed by atoms with van der Waals surface area (Å²) in [4.78, 5) is 24.4. The maximum absolute atomic E-state index is 12.4. The lowest BCUT2D eigenvalue weighted by molar-refractivity contribution is -0.143. The minimum atomic E-state index is -0.444. The van der Waals surface area contributed by atoms with Gasteiger partial charge in [0.05, 0.1) is 32.1 Å². The second kappa shape index (κ2) is 10.2. The van der Waals surface area contributed by atoms with Crippen LogP contribution < -0.4 is 10.1 Å². The topological polar surface area (TPSA) is 64.6 Å². The molecule has 2 aromatic carbocycles. The largest absolute Gasteiger partial charge is 0.494 e. The van der Waals surface area contributed by atoms with Crippen LogP contribution in [0, 0.1) is 0 Å². The highest BCUT2D eigenvalue weighted by Crippen LogP contribution is 2.21. The molecule has 5 nitrogen and oxygen atoms in total. The molecule has 2 rings (SSSR count). The molecule has 2 aromatic rings. The Morgan fingerprint density at radius 2 is 1.65 bits per heavy atom. The number of carbonyl (C=O) groups excluding carboxylic acids is 2. The molecule has 26 heavy (non-hydrogen) atoms. The Morgan fingerprint density at radius 3 is 2.27 bits per heavy atom. The first kappa shape index (κ1) is 19.5. The fourth-order valence-electron chi connectivity index (χ4n) is 2.63. The van der Waals surface area contributed by atoms with Gasteiger partial charge in [0.2, 0.25) is 5.91 Å². The van der Waals surface area contributed by atoms with E-state index in [1.165, 1.54) is 0 Å². The molecule has 1 atom stereocenters. The maximum Gasteiger partial charge on any atom is 0.308 e. The zero-order chi connectivity index (χ0) is 18.8. The molecular weight excluding hydrogens is 330 g/mol. The monoisotopic (exact) mass is 355 g/mol. The highest BCUT2D eigenvalue weighted by Gasteiger charge is 2.19. The first-order valence-electron chi connectivity index (χ1n) is 8.84. The summed E-state index contributed by atoms with van der Waals surface area (Å²) in [6, 6.07) is 16.4. The summed E-state index contributed by atoms with van der Waals surface area (Å²) < 4.78 is 10.5. The number of esters is 1. The molecule has 0 spiro atoms. The number of nitrogens with one attached hydrogen (secondary N) is 1. The molecule has 1 N–H and O–H groups in total. The van der Waals surface area contributed by atoms with Crippen LogP contribution in [0.15, 0.2) is 54.6 Å². The van der Waals surface area contributed by atoms with Crippen molar-refractivity contribution in [3.8, 4) is 5.75 Å². The third-order valence-electron chi connectivity index (χ3n) is 3.81. The van der Waals surface area contributed by atoms with Crippen LogP contribution in [0.25, 0.3) is 0 Å². The maximum atomic E-state index is 12.4. The average Bonchev–Trinajstić information content (AvgIpc) is 2.63. The Kier molecular flexibility index (Phi) is 7.68. The lowest BCUT2D eigenvalue weighted by Crippen LogP contribution is -2.31. The predicted molar refractivity (Wildman–Crippen MR) is 99.9 cm³/mol. The van der Waals surface area contributed by atoms with Gasteiger partial charge in [0.25, 0.3) is 0 Å². The van der Waals surface area contributed by atoms with E-state index in [1.807, 2.05) is 61.5 Å². The van der Waals surface area contributed by atoms with E-state index >= 15 is 0 Å². The first-order chi connectivity index (χ1) is 12.6. The van der Waals surface area contributed by atoms with E-state index < -0.39 is 6.04 Å². The van der Waals surface area contributed by atoms with Crippen LogP contribution >= 0.6 is 0 Å². The molecule has 1 amide bonds. The van der Waals surface area contributed by atoms with Crippen molar-refractivity contribution >= 4 is 11.9 Å². The SMILES string of the molecule is CCOC(=O)C[C@@H](NC(=O)Cc1ccccc1)c1ccc(OCC)cc1. The molecule has 5 heteroatoms. The summed E-state index contributed by atoms with van der Waals surface area (Å²) in [5, 5.41) is 2.94. The molecule has 0 aromatic heterocycles. The van der Waals surface area contributed by atoms with Crippen molar-refractivity contribution in [2.24, 2.45) is 0 Å². The van der Waals surface area contributed by atoms with Crippen molar-refractivity contribution in [3.63, 3.8) is 0 Å². The van der Waals surface area contributed by atoms with Gasteiger partial charge in [-0.15, -0.1) is 0 Å². The number of ether oxygens (including phenoxy) is 2. The number of amides is 1. The third-order valence-corrected chi connectivity index (χ3v) is 3.81. The predicted octanol–water partition coefficient (Wildman–Crippen LogP) is 3.44. The van der Waals surface area contributed by atoms with Gasteiger partial charge in [-0.3, -0.25) is 9.59 Å². The summed E-state index contributed by atoms with van der Waals surface area (Å²) >= 11 is 0. The minimum absolute atomic E-state index is 0.0857. The fourth-order valence-corrected chi connectivity index (χ4v) is 2.63.